The molecule has 0 amide bonds. The quantitative estimate of drug-likeness (QED) is 0.376. The van der Waals surface area contributed by atoms with Crippen LogP contribution < -0.4 is 0 Å². The summed E-state index contributed by atoms with van der Waals surface area (Å²) >= 11 is 0. The van der Waals surface area contributed by atoms with Crippen LogP contribution in [0.5, 0.6) is 0 Å². The van der Waals surface area contributed by atoms with Crippen molar-refractivity contribution < 1.29 is 0 Å². The third-order valence-corrected chi connectivity index (χ3v) is 4.80. The van der Waals surface area contributed by atoms with Gasteiger partial charge in [-0.1, -0.05) is 87.4 Å². The van der Waals surface area contributed by atoms with Gasteiger partial charge in [-0.3, -0.25) is 4.99 Å². The summed E-state index contributed by atoms with van der Waals surface area (Å²) in [5.74, 6) is 0. The minimum atomic E-state index is 0.548. The van der Waals surface area contributed by atoms with Gasteiger partial charge >= 0.3 is 0 Å². The predicted octanol–water partition coefficient (Wildman–Crippen LogP) is 7.61. The first kappa shape index (κ1) is 24.8. The van der Waals surface area contributed by atoms with Gasteiger partial charge in [0.05, 0.1) is 12.3 Å². The molecule has 0 aromatic carbocycles. The van der Waals surface area contributed by atoms with Crippen LogP contribution in [0.25, 0.3) is 0 Å². The summed E-state index contributed by atoms with van der Waals surface area (Å²) in [7, 11) is 0. The minimum absolute atomic E-state index is 0.548. The molecule has 1 heterocycles. The number of nitrogens with zero attached hydrogens (tertiary/aromatic N) is 2. The standard InChI is InChI=1S/C28H34N2/c1-9-13-14-26-17-18-29-20-30-28(23(7)19-25(26)12-4)27(16-15-21(5)10-2)24(8)22(6)11-3/h10-17,19-20H,2-4,7,9,18H2,1,5-6,8H3/b14-13-,21-15+,24-22+,25-19-,26-17-,27-16+,29-20-,30-28?. The molecule has 0 aliphatic carbocycles. The Kier molecular flexibility index (Phi) is 10.8. The van der Waals surface area contributed by atoms with Crippen LogP contribution in [0.15, 0.2) is 130 Å². The number of hydrogen-bond acceptors (Lipinski definition) is 2. The van der Waals surface area contributed by atoms with Crippen molar-refractivity contribution in [3.63, 3.8) is 0 Å². The van der Waals surface area contributed by atoms with E-state index in [1.165, 1.54) is 0 Å². The van der Waals surface area contributed by atoms with Crippen molar-refractivity contribution in [3.8, 4) is 0 Å². The van der Waals surface area contributed by atoms with E-state index in [1.807, 2.05) is 44.2 Å². The average molecular weight is 399 g/mol. The highest BCUT2D eigenvalue weighted by atomic mass is 14.9. The van der Waals surface area contributed by atoms with Crippen molar-refractivity contribution in [2.75, 3.05) is 6.54 Å². The summed E-state index contributed by atoms with van der Waals surface area (Å²) in [4.78, 5) is 9.11. The van der Waals surface area contributed by atoms with Gasteiger partial charge in [-0.05, 0) is 61.1 Å². The highest BCUT2D eigenvalue weighted by Crippen LogP contribution is 2.24. The Morgan fingerprint density at radius 2 is 1.80 bits per heavy atom. The second-order valence-electron chi connectivity index (χ2n) is 6.96. The first-order valence-corrected chi connectivity index (χ1v) is 10.2. The zero-order valence-corrected chi connectivity index (χ0v) is 18.9. The molecular formula is C28H34N2. The van der Waals surface area contributed by atoms with Crippen LogP contribution in [0.4, 0.5) is 0 Å². The van der Waals surface area contributed by atoms with Gasteiger partial charge in [0.1, 0.15) is 6.34 Å². The molecule has 0 fully saturated rings. The Bertz CT molecular complexity index is 935. The molecule has 1 aliphatic rings. The number of rotatable bonds is 8. The largest absolute Gasteiger partial charge is 0.269 e. The molecule has 0 spiro atoms. The summed E-state index contributed by atoms with van der Waals surface area (Å²) < 4.78 is 0. The zero-order chi connectivity index (χ0) is 22.5. The average Bonchev–Trinajstić information content (AvgIpc) is 2.76. The van der Waals surface area contributed by atoms with Crippen molar-refractivity contribution in [3.05, 3.63) is 120 Å². The second kappa shape index (κ2) is 13.1. The maximum Gasteiger partial charge on any atom is 0.111 e. The van der Waals surface area contributed by atoms with E-state index < -0.39 is 0 Å². The maximum atomic E-state index is 4.67. The molecule has 2 heteroatoms. The van der Waals surface area contributed by atoms with Crippen molar-refractivity contribution in [2.24, 2.45) is 9.98 Å². The molecule has 0 N–H and O–H groups in total. The van der Waals surface area contributed by atoms with Crippen LogP contribution in [0.3, 0.4) is 0 Å². The van der Waals surface area contributed by atoms with Crippen LogP contribution in [-0.2, 0) is 0 Å². The molecule has 1 rings (SSSR count). The normalized spacial score (nSPS) is 21.6. The van der Waals surface area contributed by atoms with E-state index in [9.17, 15) is 0 Å². The lowest BCUT2D eigenvalue weighted by atomic mass is 9.91. The van der Waals surface area contributed by atoms with Gasteiger partial charge in [0.25, 0.3) is 0 Å². The maximum absolute atomic E-state index is 4.67. The van der Waals surface area contributed by atoms with Crippen LogP contribution in [0, 0.1) is 0 Å². The number of hydrogen-bond donors (Lipinski definition) is 0. The predicted molar refractivity (Wildman–Crippen MR) is 136 cm³/mol. The second-order valence-corrected chi connectivity index (χ2v) is 6.96. The molecule has 0 unspecified atom stereocenters. The van der Waals surface area contributed by atoms with Gasteiger partial charge < -0.3 is 0 Å². The SMILES string of the molecule is C=C/C1=C/C(=C)C(C(=C/C=C(\C)C=C)/C(C)=C(\C)C=C)=N/C=N\C/C=C1/C=C\CC. The van der Waals surface area contributed by atoms with E-state index in [0.29, 0.717) is 6.54 Å². The van der Waals surface area contributed by atoms with Crippen molar-refractivity contribution in [2.45, 2.75) is 34.1 Å². The van der Waals surface area contributed by atoms with Crippen LogP contribution in [0.2, 0.25) is 0 Å². The van der Waals surface area contributed by atoms with E-state index in [-0.39, 0.29) is 0 Å². The van der Waals surface area contributed by atoms with Crippen molar-refractivity contribution >= 4 is 12.1 Å². The highest BCUT2D eigenvalue weighted by molar-refractivity contribution is 6.18. The molecule has 0 aromatic heterocycles. The van der Waals surface area contributed by atoms with Crippen molar-refractivity contribution in [1.82, 2.24) is 0 Å². The Morgan fingerprint density at radius 1 is 1.07 bits per heavy atom. The Balaban J connectivity index is 3.70. The molecule has 0 saturated heterocycles. The molecule has 0 atom stereocenters. The summed E-state index contributed by atoms with van der Waals surface area (Å²) in [6, 6.07) is 0. The Labute approximate surface area is 182 Å². The Hall–Kier alpha value is -3.26. The molecule has 0 saturated carbocycles. The van der Waals surface area contributed by atoms with E-state index in [4.69, 9.17) is 0 Å². The smallest absolute Gasteiger partial charge is 0.111 e. The monoisotopic (exact) mass is 398 g/mol. The van der Waals surface area contributed by atoms with Crippen LogP contribution in [-0.4, -0.2) is 18.6 Å². The third kappa shape index (κ3) is 7.29. The molecule has 0 aromatic rings. The fourth-order valence-electron chi connectivity index (χ4n) is 2.70. The van der Waals surface area contributed by atoms with Crippen LogP contribution in [0.1, 0.15) is 34.1 Å². The lowest BCUT2D eigenvalue weighted by Gasteiger charge is -2.15. The summed E-state index contributed by atoms with van der Waals surface area (Å²) in [6.45, 7) is 24.9. The first-order chi connectivity index (χ1) is 14.4. The highest BCUT2D eigenvalue weighted by Gasteiger charge is 2.14. The van der Waals surface area contributed by atoms with Gasteiger partial charge in [0, 0.05) is 5.57 Å². The lowest BCUT2D eigenvalue weighted by molar-refractivity contribution is 1.20. The molecule has 0 bridgehead atoms. The summed E-state index contributed by atoms with van der Waals surface area (Å²) in [5, 5.41) is 0. The molecular weight excluding hydrogens is 364 g/mol. The summed E-state index contributed by atoms with van der Waals surface area (Å²) in [5.41, 5.74) is 7.83. The lowest BCUT2D eigenvalue weighted by Crippen LogP contribution is -2.09. The molecule has 30 heavy (non-hydrogen) atoms. The molecule has 1 aliphatic heterocycles. The van der Waals surface area contributed by atoms with Gasteiger partial charge in [-0.25, -0.2) is 4.99 Å². The van der Waals surface area contributed by atoms with E-state index >= 15 is 0 Å². The van der Waals surface area contributed by atoms with Crippen LogP contribution >= 0.6 is 0 Å². The first-order valence-electron chi connectivity index (χ1n) is 10.2. The third-order valence-electron chi connectivity index (χ3n) is 4.80. The fraction of sp³-hybridized carbons (Fsp3) is 0.214. The molecule has 0 radical (unpaired) electrons. The topological polar surface area (TPSA) is 24.7 Å². The number of allylic oxidation sites excluding steroid dienone is 15. The van der Waals surface area contributed by atoms with Gasteiger partial charge in [-0.2, -0.15) is 0 Å². The van der Waals surface area contributed by atoms with Gasteiger partial charge in [0.2, 0.25) is 0 Å². The van der Waals surface area contributed by atoms with E-state index in [2.05, 4.69) is 74.5 Å². The molecule has 156 valence electrons. The summed E-state index contributed by atoms with van der Waals surface area (Å²) in [6.07, 6.45) is 20.5. The fourth-order valence-corrected chi connectivity index (χ4v) is 2.70. The zero-order valence-electron chi connectivity index (χ0n) is 18.9. The van der Waals surface area contributed by atoms with Gasteiger partial charge in [0.15, 0.2) is 0 Å². The van der Waals surface area contributed by atoms with Gasteiger partial charge in [-0.15, -0.1) is 0 Å². The molecule has 2 nitrogen and oxygen atoms in total. The van der Waals surface area contributed by atoms with E-state index in [1.54, 1.807) is 6.34 Å². The van der Waals surface area contributed by atoms with E-state index in [0.717, 1.165) is 51.1 Å². The Morgan fingerprint density at radius 3 is 2.40 bits per heavy atom. The van der Waals surface area contributed by atoms with Crippen molar-refractivity contribution in [1.29, 1.82) is 0 Å². The minimum Gasteiger partial charge on any atom is -0.269 e. The number of aliphatic imine (C=N–C) groups is 2.